The van der Waals surface area contributed by atoms with E-state index in [1.54, 1.807) is 0 Å². The second kappa shape index (κ2) is 12.6. The third kappa shape index (κ3) is 9.77. The Morgan fingerprint density at radius 2 is 1.35 bits per heavy atom. The van der Waals surface area contributed by atoms with Crippen LogP contribution in [0.2, 0.25) is 0 Å². The van der Waals surface area contributed by atoms with E-state index in [1.807, 2.05) is 0 Å². The fraction of sp³-hybridized carbons (Fsp3) is 1.00. The first-order chi connectivity index (χ1) is 9.61. The molecule has 0 bridgehead atoms. The van der Waals surface area contributed by atoms with E-state index in [-0.39, 0.29) is 5.79 Å². The van der Waals surface area contributed by atoms with Crippen molar-refractivity contribution in [3.8, 4) is 0 Å². The van der Waals surface area contributed by atoms with E-state index >= 15 is 0 Å². The number of unbranched alkanes of at least 4 members (excludes halogenated alkanes) is 4. The number of ether oxygens (including phenoxy) is 2. The second-order valence-electron chi connectivity index (χ2n) is 6.06. The van der Waals surface area contributed by atoms with Gasteiger partial charge in [0.05, 0.1) is 0 Å². The molecule has 0 aliphatic carbocycles. The predicted octanol–water partition coefficient (Wildman–Crippen LogP) is 5.94. The van der Waals surface area contributed by atoms with Gasteiger partial charge in [0.2, 0.25) is 0 Å². The predicted molar refractivity (Wildman–Crippen MR) is 88.0 cm³/mol. The highest BCUT2D eigenvalue weighted by molar-refractivity contribution is 4.71. The van der Waals surface area contributed by atoms with Crippen LogP contribution in [0.3, 0.4) is 0 Å². The molecule has 0 aliphatic rings. The molecule has 1 atom stereocenters. The molecular weight excluding hydrogens is 248 g/mol. The van der Waals surface area contributed by atoms with Crippen LogP contribution in [0.1, 0.15) is 92.4 Å². The van der Waals surface area contributed by atoms with Crippen LogP contribution in [0.4, 0.5) is 0 Å². The fourth-order valence-corrected chi connectivity index (χ4v) is 3.09. The molecule has 0 aliphatic heterocycles. The summed E-state index contributed by atoms with van der Waals surface area (Å²) in [4.78, 5) is 0. The Hall–Kier alpha value is -0.0800. The summed E-state index contributed by atoms with van der Waals surface area (Å²) in [7, 11) is 0. The molecule has 0 spiro atoms. The number of hydrogen-bond donors (Lipinski definition) is 0. The van der Waals surface area contributed by atoms with E-state index in [2.05, 4.69) is 34.6 Å². The minimum atomic E-state index is -0.382. The standard InChI is InChI=1S/C18H38O2/c1-6-10-11-12-13-15-17(14-7-2)16-18(5,19-8-3)20-9-4/h17H,6-16H2,1-5H3. The smallest absolute Gasteiger partial charge is 0.165 e. The van der Waals surface area contributed by atoms with Crippen LogP contribution in [-0.4, -0.2) is 19.0 Å². The number of hydrogen-bond acceptors (Lipinski definition) is 2. The van der Waals surface area contributed by atoms with Crippen LogP contribution < -0.4 is 0 Å². The zero-order valence-electron chi connectivity index (χ0n) is 14.7. The van der Waals surface area contributed by atoms with Gasteiger partial charge < -0.3 is 9.47 Å². The largest absolute Gasteiger partial charge is 0.351 e. The molecule has 0 radical (unpaired) electrons. The van der Waals surface area contributed by atoms with Crippen molar-refractivity contribution in [2.24, 2.45) is 5.92 Å². The molecular formula is C18H38O2. The summed E-state index contributed by atoms with van der Waals surface area (Å²) in [6.45, 7) is 12.2. The van der Waals surface area contributed by atoms with Gasteiger partial charge in [0.1, 0.15) is 0 Å². The van der Waals surface area contributed by atoms with Crippen LogP contribution in [0.25, 0.3) is 0 Å². The molecule has 0 aromatic heterocycles. The summed E-state index contributed by atoms with van der Waals surface area (Å²) < 4.78 is 11.7. The molecule has 0 fully saturated rings. The summed E-state index contributed by atoms with van der Waals surface area (Å²) in [5.41, 5.74) is 0. The highest BCUT2D eigenvalue weighted by atomic mass is 16.7. The Kier molecular flexibility index (Phi) is 12.6. The Bertz CT molecular complexity index is 198. The molecule has 0 saturated heterocycles. The van der Waals surface area contributed by atoms with Crippen LogP contribution in [0.15, 0.2) is 0 Å². The van der Waals surface area contributed by atoms with Crippen LogP contribution in [0, 0.1) is 5.92 Å². The Labute approximate surface area is 127 Å². The Morgan fingerprint density at radius 3 is 1.85 bits per heavy atom. The van der Waals surface area contributed by atoms with Gasteiger partial charge in [0.15, 0.2) is 5.79 Å². The van der Waals surface area contributed by atoms with E-state index < -0.39 is 0 Å². The van der Waals surface area contributed by atoms with Crippen LogP contribution >= 0.6 is 0 Å². The minimum absolute atomic E-state index is 0.382. The van der Waals surface area contributed by atoms with Crippen molar-refractivity contribution in [2.45, 2.75) is 98.2 Å². The lowest BCUT2D eigenvalue weighted by Crippen LogP contribution is -2.35. The van der Waals surface area contributed by atoms with Crippen molar-refractivity contribution in [1.29, 1.82) is 0 Å². The zero-order chi connectivity index (χ0) is 15.3. The molecule has 2 heteroatoms. The highest BCUT2D eigenvalue weighted by Gasteiger charge is 2.28. The topological polar surface area (TPSA) is 18.5 Å². The molecule has 0 N–H and O–H groups in total. The summed E-state index contributed by atoms with van der Waals surface area (Å²) in [6, 6.07) is 0. The van der Waals surface area contributed by atoms with E-state index in [1.165, 1.54) is 51.4 Å². The molecule has 0 aromatic rings. The van der Waals surface area contributed by atoms with Crippen LogP contribution in [-0.2, 0) is 9.47 Å². The van der Waals surface area contributed by atoms with Gasteiger partial charge >= 0.3 is 0 Å². The van der Waals surface area contributed by atoms with Gasteiger partial charge in [-0.2, -0.15) is 0 Å². The van der Waals surface area contributed by atoms with Crippen molar-refractivity contribution in [1.82, 2.24) is 0 Å². The molecule has 0 aromatic carbocycles. The quantitative estimate of drug-likeness (QED) is 0.290. The molecule has 20 heavy (non-hydrogen) atoms. The first-order valence-corrected chi connectivity index (χ1v) is 8.89. The third-order valence-electron chi connectivity index (χ3n) is 3.97. The lowest BCUT2D eigenvalue weighted by molar-refractivity contribution is -0.231. The van der Waals surface area contributed by atoms with Gasteiger partial charge in [0.25, 0.3) is 0 Å². The maximum Gasteiger partial charge on any atom is 0.165 e. The van der Waals surface area contributed by atoms with Crippen molar-refractivity contribution in [3.05, 3.63) is 0 Å². The monoisotopic (exact) mass is 286 g/mol. The van der Waals surface area contributed by atoms with Gasteiger partial charge in [-0.25, -0.2) is 0 Å². The first-order valence-electron chi connectivity index (χ1n) is 8.89. The lowest BCUT2D eigenvalue weighted by atomic mass is 9.89. The highest BCUT2D eigenvalue weighted by Crippen LogP contribution is 2.29. The third-order valence-corrected chi connectivity index (χ3v) is 3.97. The minimum Gasteiger partial charge on any atom is -0.351 e. The molecule has 2 nitrogen and oxygen atoms in total. The van der Waals surface area contributed by atoms with E-state index in [0.29, 0.717) is 0 Å². The fourth-order valence-electron chi connectivity index (χ4n) is 3.09. The van der Waals surface area contributed by atoms with Crippen molar-refractivity contribution >= 4 is 0 Å². The van der Waals surface area contributed by atoms with E-state index in [0.717, 1.165) is 25.6 Å². The maximum atomic E-state index is 5.87. The summed E-state index contributed by atoms with van der Waals surface area (Å²) in [5, 5.41) is 0. The summed E-state index contributed by atoms with van der Waals surface area (Å²) in [5.74, 6) is 0.358. The van der Waals surface area contributed by atoms with Gasteiger partial charge in [-0.1, -0.05) is 65.2 Å². The zero-order valence-corrected chi connectivity index (χ0v) is 14.7. The average Bonchev–Trinajstić information content (AvgIpc) is 2.39. The van der Waals surface area contributed by atoms with Gasteiger partial charge in [0, 0.05) is 19.6 Å². The van der Waals surface area contributed by atoms with Crippen molar-refractivity contribution in [3.63, 3.8) is 0 Å². The Morgan fingerprint density at radius 1 is 0.750 bits per heavy atom. The van der Waals surface area contributed by atoms with Crippen LogP contribution in [0.5, 0.6) is 0 Å². The lowest BCUT2D eigenvalue weighted by Gasteiger charge is -2.33. The van der Waals surface area contributed by atoms with Gasteiger partial charge in [-0.05, 0) is 26.7 Å². The molecule has 0 amide bonds. The van der Waals surface area contributed by atoms with Crippen molar-refractivity contribution < 1.29 is 9.47 Å². The van der Waals surface area contributed by atoms with Gasteiger partial charge in [-0.15, -0.1) is 0 Å². The Balaban J connectivity index is 4.19. The average molecular weight is 286 g/mol. The molecule has 0 heterocycles. The summed E-state index contributed by atoms with van der Waals surface area (Å²) in [6.07, 6.45) is 11.8. The maximum absolute atomic E-state index is 5.87. The second-order valence-corrected chi connectivity index (χ2v) is 6.06. The first kappa shape index (κ1) is 19.9. The number of rotatable bonds is 14. The van der Waals surface area contributed by atoms with Crippen molar-refractivity contribution in [2.75, 3.05) is 13.2 Å². The summed E-state index contributed by atoms with van der Waals surface area (Å²) >= 11 is 0. The SMILES string of the molecule is CCCCCCCC(CCC)CC(C)(OCC)OCC. The molecule has 0 rings (SSSR count). The van der Waals surface area contributed by atoms with Gasteiger partial charge in [-0.3, -0.25) is 0 Å². The molecule has 0 saturated carbocycles. The molecule has 1 unspecified atom stereocenters. The molecule has 122 valence electrons. The van der Waals surface area contributed by atoms with E-state index in [4.69, 9.17) is 9.47 Å². The van der Waals surface area contributed by atoms with E-state index in [9.17, 15) is 0 Å². The normalized spacial score (nSPS) is 13.7.